The van der Waals surface area contributed by atoms with E-state index in [0.29, 0.717) is 6.04 Å². The number of ether oxygens (including phenoxy) is 2. The van der Waals surface area contributed by atoms with E-state index in [1.807, 2.05) is 31.3 Å². The highest BCUT2D eigenvalue weighted by Gasteiger charge is 2.30. The molecule has 2 rings (SSSR count). The molecule has 0 radical (unpaired) electrons. The summed E-state index contributed by atoms with van der Waals surface area (Å²) in [4.78, 5) is 0. The van der Waals surface area contributed by atoms with Crippen molar-refractivity contribution < 1.29 is 9.47 Å². The third-order valence-electron chi connectivity index (χ3n) is 4.31. The van der Waals surface area contributed by atoms with Crippen LogP contribution in [0.15, 0.2) is 24.3 Å². The molecule has 1 aromatic carbocycles. The zero-order chi connectivity index (χ0) is 14.4. The molecule has 1 fully saturated rings. The Hall–Kier alpha value is -1.22. The number of nitrogens with one attached hydrogen (secondary N) is 1. The summed E-state index contributed by atoms with van der Waals surface area (Å²) in [6.45, 7) is 2.27. The molecule has 0 heterocycles. The number of hydrogen-bond acceptors (Lipinski definition) is 3. The van der Waals surface area contributed by atoms with Gasteiger partial charge in [-0.3, -0.25) is 0 Å². The smallest absolute Gasteiger partial charge is 0.120 e. The monoisotopic (exact) mass is 277 g/mol. The van der Waals surface area contributed by atoms with Crippen LogP contribution in [0.4, 0.5) is 0 Å². The lowest BCUT2D eigenvalue weighted by Gasteiger charge is -2.36. The maximum Gasteiger partial charge on any atom is 0.120 e. The fourth-order valence-electron chi connectivity index (χ4n) is 3.17. The molecule has 1 aliphatic carbocycles. The van der Waals surface area contributed by atoms with Crippen LogP contribution in [0.25, 0.3) is 0 Å². The molecule has 1 N–H and O–H groups in total. The molecular formula is C17H27NO2. The summed E-state index contributed by atoms with van der Waals surface area (Å²) in [5, 5.41) is 3.41. The van der Waals surface area contributed by atoms with E-state index in [9.17, 15) is 0 Å². The highest BCUT2D eigenvalue weighted by molar-refractivity contribution is 5.31. The molecule has 1 saturated carbocycles. The molecule has 0 aromatic heterocycles. The van der Waals surface area contributed by atoms with Crippen molar-refractivity contribution in [2.75, 3.05) is 14.2 Å². The summed E-state index contributed by atoms with van der Waals surface area (Å²) in [5.41, 5.74) is 0. The summed E-state index contributed by atoms with van der Waals surface area (Å²) in [6.07, 6.45) is 6.55. The first kappa shape index (κ1) is 15.2. The van der Waals surface area contributed by atoms with Crippen LogP contribution in [-0.4, -0.2) is 26.3 Å². The molecule has 3 nitrogen and oxygen atoms in total. The standard InChI is InChI=1S/C17H27NO2/c1-4-5-13-6-11-16(18-2)17(12-13)20-15-9-7-14(19-3)8-10-15/h7-10,13,16-18H,4-6,11-12H2,1-3H3. The lowest BCUT2D eigenvalue weighted by Crippen LogP contribution is -2.45. The van der Waals surface area contributed by atoms with Crippen molar-refractivity contribution >= 4 is 0 Å². The lowest BCUT2D eigenvalue weighted by atomic mass is 9.81. The number of rotatable bonds is 6. The molecule has 20 heavy (non-hydrogen) atoms. The maximum atomic E-state index is 6.22. The van der Waals surface area contributed by atoms with Gasteiger partial charge in [0, 0.05) is 6.04 Å². The van der Waals surface area contributed by atoms with E-state index < -0.39 is 0 Å². The third kappa shape index (κ3) is 3.89. The van der Waals surface area contributed by atoms with Crippen LogP contribution in [0.2, 0.25) is 0 Å². The Labute approximate surface area is 122 Å². The van der Waals surface area contributed by atoms with Gasteiger partial charge < -0.3 is 14.8 Å². The number of benzene rings is 1. The summed E-state index contributed by atoms with van der Waals surface area (Å²) in [5.74, 6) is 2.62. The molecule has 0 amide bonds. The number of hydrogen-bond donors (Lipinski definition) is 1. The Morgan fingerprint density at radius 3 is 2.45 bits per heavy atom. The second kappa shape index (κ2) is 7.53. The molecule has 3 atom stereocenters. The zero-order valence-corrected chi connectivity index (χ0v) is 12.9. The second-order valence-electron chi connectivity index (χ2n) is 5.69. The molecule has 0 saturated heterocycles. The van der Waals surface area contributed by atoms with Gasteiger partial charge in [0.25, 0.3) is 0 Å². The Morgan fingerprint density at radius 1 is 1.15 bits per heavy atom. The van der Waals surface area contributed by atoms with E-state index in [0.717, 1.165) is 23.8 Å². The fourth-order valence-corrected chi connectivity index (χ4v) is 3.17. The summed E-state index contributed by atoms with van der Waals surface area (Å²) in [7, 11) is 3.72. The van der Waals surface area contributed by atoms with Gasteiger partial charge in [-0.15, -0.1) is 0 Å². The first-order valence-corrected chi connectivity index (χ1v) is 7.74. The molecule has 3 unspecified atom stereocenters. The Kier molecular flexibility index (Phi) is 5.72. The Balaban J connectivity index is 1.99. The van der Waals surface area contributed by atoms with Crippen molar-refractivity contribution in [2.45, 2.75) is 51.2 Å². The molecule has 0 spiro atoms. The molecule has 1 aliphatic rings. The molecule has 112 valence electrons. The van der Waals surface area contributed by atoms with Gasteiger partial charge in [0.15, 0.2) is 0 Å². The van der Waals surface area contributed by atoms with Crippen molar-refractivity contribution in [3.05, 3.63) is 24.3 Å². The van der Waals surface area contributed by atoms with E-state index in [2.05, 4.69) is 12.2 Å². The van der Waals surface area contributed by atoms with Crippen LogP contribution in [0.3, 0.4) is 0 Å². The molecular weight excluding hydrogens is 250 g/mol. The predicted octanol–water partition coefficient (Wildman–Crippen LogP) is 3.63. The van der Waals surface area contributed by atoms with E-state index in [4.69, 9.17) is 9.47 Å². The molecule has 3 heteroatoms. The van der Waals surface area contributed by atoms with E-state index in [1.54, 1.807) is 7.11 Å². The van der Waals surface area contributed by atoms with Gasteiger partial charge in [0.1, 0.15) is 17.6 Å². The largest absolute Gasteiger partial charge is 0.497 e. The first-order chi connectivity index (χ1) is 9.76. The van der Waals surface area contributed by atoms with E-state index >= 15 is 0 Å². The van der Waals surface area contributed by atoms with E-state index in [-0.39, 0.29) is 6.10 Å². The summed E-state index contributed by atoms with van der Waals surface area (Å²) < 4.78 is 11.4. The minimum atomic E-state index is 0.277. The van der Waals surface area contributed by atoms with Gasteiger partial charge in [-0.2, -0.15) is 0 Å². The summed E-state index contributed by atoms with van der Waals surface area (Å²) in [6, 6.07) is 8.36. The fraction of sp³-hybridized carbons (Fsp3) is 0.647. The van der Waals surface area contributed by atoms with Crippen molar-refractivity contribution in [1.29, 1.82) is 0 Å². The van der Waals surface area contributed by atoms with Crippen LogP contribution in [0.1, 0.15) is 39.0 Å². The van der Waals surface area contributed by atoms with Crippen LogP contribution in [0.5, 0.6) is 11.5 Å². The van der Waals surface area contributed by atoms with Gasteiger partial charge in [0.2, 0.25) is 0 Å². The second-order valence-corrected chi connectivity index (χ2v) is 5.69. The lowest BCUT2D eigenvalue weighted by molar-refractivity contribution is 0.0865. The Bertz CT molecular complexity index is 390. The van der Waals surface area contributed by atoms with Crippen molar-refractivity contribution in [3.8, 4) is 11.5 Å². The van der Waals surface area contributed by atoms with E-state index in [1.165, 1.54) is 25.7 Å². The van der Waals surface area contributed by atoms with Gasteiger partial charge in [-0.1, -0.05) is 19.8 Å². The average molecular weight is 277 g/mol. The summed E-state index contributed by atoms with van der Waals surface area (Å²) >= 11 is 0. The third-order valence-corrected chi connectivity index (χ3v) is 4.31. The van der Waals surface area contributed by atoms with Crippen LogP contribution in [-0.2, 0) is 0 Å². The average Bonchev–Trinajstić information content (AvgIpc) is 2.49. The quantitative estimate of drug-likeness (QED) is 0.861. The molecule has 0 bridgehead atoms. The number of likely N-dealkylation sites (N-methyl/N-ethyl adjacent to an activating group) is 1. The van der Waals surface area contributed by atoms with Crippen LogP contribution in [0, 0.1) is 5.92 Å². The minimum absolute atomic E-state index is 0.277. The van der Waals surface area contributed by atoms with Gasteiger partial charge in [0.05, 0.1) is 7.11 Å². The Morgan fingerprint density at radius 2 is 1.85 bits per heavy atom. The first-order valence-electron chi connectivity index (χ1n) is 7.74. The predicted molar refractivity (Wildman–Crippen MR) is 82.5 cm³/mol. The SMILES string of the molecule is CCCC1CCC(NC)C(Oc2ccc(OC)cc2)C1. The highest BCUT2D eigenvalue weighted by Crippen LogP contribution is 2.31. The molecule has 1 aromatic rings. The van der Waals surface area contributed by atoms with Gasteiger partial charge in [-0.05, 0) is 56.5 Å². The van der Waals surface area contributed by atoms with Crippen molar-refractivity contribution in [3.63, 3.8) is 0 Å². The molecule has 0 aliphatic heterocycles. The number of methoxy groups -OCH3 is 1. The maximum absolute atomic E-state index is 6.22. The van der Waals surface area contributed by atoms with Crippen molar-refractivity contribution in [2.24, 2.45) is 5.92 Å². The van der Waals surface area contributed by atoms with Crippen LogP contribution < -0.4 is 14.8 Å². The van der Waals surface area contributed by atoms with Gasteiger partial charge >= 0.3 is 0 Å². The topological polar surface area (TPSA) is 30.5 Å². The van der Waals surface area contributed by atoms with Crippen LogP contribution >= 0.6 is 0 Å². The minimum Gasteiger partial charge on any atom is -0.497 e. The van der Waals surface area contributed by atoms with Gasteiger partial charge in [-0.25, -0.2) is 0 Å². The highest BCUT2D eigenvalue weighted by atomic mass is 16.5. The zero-order valence-electron chi connectivity index (χ0n) is 12.9. The van der Waals surface area contributed by atoms with Crippen molar-refractivity contribution in [1.82, 2.24) is 5.32 Å². The normalized spacial score (nSPS) is 26.2.